The minimum absolute atomic E-state index is 0.00935. The number of anilines is 1. The number of hydrogen-bond donors (Lipinski definition) is 1. The number of para-hydroxylation sites is 1. The largest absolute Gasteiger partial charge is 0.342 e. The number of fused-ring (bicyclic) bond motifs is 1. The van der Waals surface area contributed by atoms with Crippen LogP contribution in [0.15, 0.2) is 89.0 Å². The van der Waals surface area contributed by atoms with Crippen LogP contribution in [0.4, 0.5) is 5.69 Å². The van der Waals surface area contributed by atoms with Crippen molar-refractivity contribution in [2.24, 2.45) is 0 Å². The fraction of sp³-hybridized carbons (Fsp3) is 0.0385. The van der Waals surface area contributed by atoms with Gasteiger partial charge in [-0.15, -0.1) is 0 Å². The zero-order valence-corrected chi connectivity index (χ0v) is 20.8. The number of carbonyl (C=O) groups excluding carboxylic acids is 2. The van der Waals surface area contributed by atoms with Gasteiger partial charge < -0.3 is 4.57 Å². The summed E-state index contributed by atoms with van der Waals surface area (Å²) in [5, 5.41) is 4.15. The molecule has 168 valence electrons. The Morgan fingerprint density at radius 1 is 0.971 bits per heavy atom. The van der Waals surface area contributed by atoms with Gasteiger partial charge in [-0.3, -0.25) is 19.8 Å². The lowest BCUT2D eigenvalue weighted by Crippen LogP contribution is -2.54. The van der Waals surface area contributed by atoms with Gasteiger partial charge in [0.2, 0.25) is 0 Å². The molecule has 8 heteroatoms. The number of nitrogens with one attached hydrogen (secondary N) is 1. The molecule has 1 fully saturated rings. The van der Waals surface area contributed by atoms with Gasteiger partial charge in [0, 0.05) is 38.7 Å². The summed E-state index contributed by atoms with van der Waals surface area (Å²) in [7, 11) is 0. The first-order chi connectivity index (χ1) is 16.4. The molecule has 0 spiro atoms. The fourth-order valence-electron chi connectivity index (χ4n) is 3.95. The number of amides is 2. The highest BCUT2D eigenvalue weighted by atomic mass is 79.9. The third-order valence-corrected chi connectivity index (χ3v) is 6.64. The minimum Gasteiger partial charge on any atom is -0.342 e. The number of thiocarbonyl (C=S) groups is 1. The molecule has 5 nitrogen and oxygen atoms in total. The second kappa shape index (κ2) is 9.18. The summed E-state index contributed by atoms with van der Waals surface area (Å²) in [6.07, 6.45) is 3.59. The molecular formula is C26H17BrClN3O2S. The Labute approximate surface area is 214 Å². The molecule has 0 saturated carbocycles. The Bertz CT molecular complexity index is 1480. The Morgan fingerprint density at radius 2 is 1.68 bits per heavy atom. The van der Waals surface area contributed by atoms with E-state index in [1.807, 2.05) is 42.6 Å². The monoisotopic (exact) mass is 549 g/mol. The average Bonchev–Trinajstić information content (AvgIpc) is 3.16. The first-order valence-corrected chi connectivity index (χ1v) is 12.0. The summed E-state index contributed by atoms with van der Waals surface area (Å²) >= 11 is 14.7. The van der Waals surface area contributed by atoms with Crippen LogP contribution in [0, 0.1) is 0 Å². The van der Waals surface area contributed by atoms with Crippen LogP contribution in [0.1, 0.15) is 11.1 Å². The van der Waals surface area contributed by atoms with Crippen molar-refractivity contribution in [3.05, 3.63) is 105 Å². The van der Waals surface area contributed by atoms with Gasteiger partial charge in [-0.05, 0) is 66.3 Å². The summed E-state index contributed by atoms with van der Waals surface area (Å²) in [5.41, 5.74) is 3.45. The summed E-state index contributed by atoms with van der Waals surface area (Å²) < 4.78 is 3.13. The summed E-state index contributed by atoms with van der Waals surface area (Å²) in [5.74, 6) is -1.01. The molecule has 2 heterocycles. The van der Waals surface area contributed by atoms with Crippen LogP contribution in [0.3, 0.4) is 0 Å². The van der Waals surface area contributed by atoms with E-state index in [1.54, 1.807) is 30.3 Å². The Kier molecular flexibility index (Phi) is 6.08. The molecule has 0 aliphatic carbocycles. The highest BCUT2D eigenvalue weighted by molar-refractivity contribution is 9.10. The van der Waals surface area contributed by atoms with Crippen molar-refractivity contribution in [1.29, 1.82) is 0 Å². The van der Waals surface area contributed by atoms with Crippen molar-refractivity contribution in [1.82, 2.24) is 9.88 Å². The lowest BCUT2D eigenvalue weighted by atomic mass is 10.1. The maximum atomic E-state index is 13.4. The van der Waals surface area contributed by atoms with E-state index < -0.39 is 11.8 Å². The molecule has 1 aliphatic heterocycles. The van der Waals surface area contributed by atoms with E-state index in [-0.39, 0.29) is 10.7 Å². The fourth-order valence-corrected chi connectivity index (χ4v) is 4.62. The summed E-state index contributed by atoms with van der Waals surface area (Å²) in [6, 6.07) is 22.7. The van der Waals surface area contributed by atoms with E-state index >= 15 is 0 Å². The molecule has 2 amide bonds. The van der Waals surface area contributed by atoms with Gasteiger partial charge in [-0.25, -0.2) is 0 Å². The number of nitrogens with zero attached hydrogens (tertiary/aromatic N) is 2. The first kappa shape index (κ1) is 22.5. The number of carbonyl (C=O) groups is 2. The van der Waals surface area contributed by atoms with E-state index in [9.17, 15) is 9.59 Å². The van der Waals surface area contributed by atoms with Crippen LogP contribution in [0.25, 0.3) is 17.0 Å². The Balaban J connectivity index is 1.56. The molecule has 0 atom stereocenters. The van der Waals surface area contributed by atoms with Crippen molar-refractivity contribution in [2.45, 2.75) is 6.54 Å². The van der Waals surface area contributed by atoms with Gasteiger partial charge in [0.1, 0.15) is 5.57 Å². The third-order valence-electron chi connectivity index (χ3n) is 5.57. The first-order valence-electron chi connectivity index (χ1n) is 10.4. The number of aromatic nitrogens is 1. The molecule has 3 aromatic carbocycles. The molecule has 1 aliphatic rings. The molecule has 0 unspecified atom stereocenters. The van der Waals surface area contributed by atoms with Crippen molar-refractivity contribution >= 4 is 79.3 Å². The average molecular weight is 551 g/mol. The smallest absolute Gasteiger partial charge is 0.270 e. The van der Waals surface area contributed by atoms with Crippen molar-refractivity contribution in [3.8, 4) is 0 Å². The standard InChI is InChI=1S/C26H17BrClN3O2S/c27-18-7-5-16(6-8-18)14-30-15-17(21-3-1-2-4-23(21)30)13-22-24(32)29-26(34)31(25(22)33)20-11-9-19(28)10-12-20/h1-13,15H,14H2,(H,29,32,34)/b22-13+. The number of hydrogen-bond acceptors (Lipinski definition) is 3. The van der Waals surface area contributed by atoms with Crippen molar-refractivity contribution < 1.29 is 9.59 Å². The molecular weight excluding hydrogens is 534 g/mol. The Morgan fingerprint density at radius 3 is 2.41 bits per heavy atom. The molecule has 5 rings (SSSR count). The van der Waals surface area contributed by atoms with E-state index in [1.165, 1.54) is 4.90 Å². The van der Waals surface area contributed by atoms with Gasteiger partial charge >= 0.3 is 0 Å². The molecule has 1 saturated heterocycles. The Hall–Kier alpha value is -3.26. The van der Waals surface area contributed by atoms with Gasteiger partial charge in [-0.2, -0.15) is 0 Å². The number of benzene rings is 3. The molecule has 1 N–H and O–H groups in total. The zero-order valence-electron chi connectivity index (χ0n) is 17.7. The van der Waals surface area contributed by atoms with Gasteiger partial charge in [-0.1, -0.05) is 57.9 Å². The summed E-state index contributed by atoms with van der Waals surface area (Å²) in [4.78, 5) is 27.4. The van der Waals surface area contributed by atoms with E-state index in [0.717, 1.165) is 26.5 Å². The topological polar surface area (TPSA) is 54.3 Å². The van der Waals surface area contributed by atoms with Crippen LogP contribution in [0.5, 0.6) is 0 Å². The predicted octanol–water partition coefficient (Wildman–Crippen LogP) is 5.94. The van der Waals surface area contributed by atoms with Gasteiger partial charge in [0.15, 0.2) is 5.11 Å². The lowest BCUT2D eigenvalue weighted by molar-refractivity contribution is -0.122. The van der Waals surface area contributed by atoms with Gasteiger partial charge in [0.05, 0.1) is 5.69 Å². The normalized spacial score (nSPS) is 15.3. The quantitative estimate of drug-likeness (QED) is 0.194. The van der Waals surface area contributed by atoms with Crippen LogP contribution in [-0.2, 0) is 16.1 Å². The molecule has 1 aromatic heterocycles. The van der Waals surface area contributed by atoms with E-state index in [2.05, 4.69) is 37.9 Å². The second-order valence-corrected chi connectivity index (χ2v) is 9.53. The molecule has 0 radical (unpaired) electrons. The van der Waals surface area contributed by atoms with Crippen LogP contribution >= 0.6 is 39.7 Å². The number of rotatable bonds is 4. The highest BCUT2D eigenvalue weighted by Gasteiger charge is 2.34. The third kappa shape index (κ3) is 4.30. The number of halogens is 2. The van der Waals surface area contributed by atoms with Crippen LogP contribution in [-0.4, -0.2) is 21.5 Å². The van der Waals surface area contributed by atoms with Crippen molar-refractivity contribution in [3.63, 3.8) is 0 Å². The zero-order chi connectivity index (χ0) is 23.8. The maximum Gasteiger partial charge on any atom is 0.270 e. The van der Waals surface area contributed by atoms with Crippen molar-refractivity contribution in [2.75, 3.05) is 4.90 Å². The molecule has 34 heavy (non-hydrogen) atoms. The van der Waals surface area contributed by atoms with Gasteiger partial charge in [0.25, 0.3) is 11.8 Å². The highest BCUT2D eigenvalue weighted by Crippen LogP contribution is 2.28. The van der Waals surface area contributed by atoms with Crippen LogP contribution < -0.4 is 10.2 Å². The molecule has 4 aromatic rings. The second-order valence-electron chi connectivity index (χ2n) is 7.79. The lowest BCUT2D eigenvalue weighted by Gasteiger charge is -2.28. The minimum atomic E-state index is -0.523. The SMILES string of the molecule is O=C1NC(=S)N(c2ccc(Cl)cc2)C(=O)/C1=C/c1cn(Cc2ccc(Br)cc2)c2ccccc12. The molecule has 0 bridgehead atoms. The predicted molar refractivity (Wildman–Crippen MR) is 143 cm³/mol. The summed E-state index contributed by atoms with van der Waals surface area (Å²) in [6.45, 7) is 0.651. The van der Waals surface area contributed by atoms with E-state index in [0.29, 0.717) is 17.3 Å². The van der Waals surface area contributed by atoms with E-state index in [4.69, 9.17) is 23.8 Å². The maximum absolute atomic E-state index is 13.4. The van der Waals surface area contributed by atoms with Crippen LogP contribution in [0.2, 0.25) is 5.02 Å².